The molecule has 0 aliphatic heterocycles. The third-order valence-electron chi connectivity index (χ3n) is 4.95. The Hall–Kier alpha value is -1.34. The van der Waals surface area contributed by atoms with Crippen LogP contribution >= 0.6 is 0 Å². The van der Waals surface area contributed by atoms with Gasteiger partial charge in [0.25, 0.3) is 0 Å². The van der Waals surface area contributed by atoms with Gasteiger partial charge in [-0.25, -0.2) is 0 Å². The van der Waals surface area contributed by atoms with Crippen molar-refractivity contribution in [3.63, 3.8) is 0 Å². The maximum atomic E-state index is 3.55. The topological polar surface area (TPSA) is 12.0 Å². The third kappa shape index (κ3) is 3.47. The van der Waals surface area contributed by atoms with Crippen LogP contribution in [0.3, 0.4) is 0 Å². The summed E-state index contributed by atoms with van der Waals surface area (Å²) in [5.41, 5.74) is 3.19. The molecule has 0 aliphatic rings. The average molecular weight is 283 g/mol. The van der Waals surface area contributed by atoms with Gasteiger partial charge >= 0.3 is 0 Å². The fraction of sp³-hybridized carbons (Fsp3) is 0.500. The Morgan fingerprint density at radius 2 is 1.71 bits per heavy atom. The van der Waals surface area contributed by atoms with Crippen molar-refractivity contribution >= 4 is 10.8 Å². The van der Waals surface area contributed by atoms with E-state index in [0.29, 0.717) is 17.4 Å². The Labute approximate surface area is 129 Å². The van der Waals surface area contributed by atoms with Crippen LogP contribution in [0.5, 0.6) is 0 Å². The maximum absolute atomic E-state index is 3.55. The van der Waals surface area contributed by atoms with E-state index in [2.05, 4.69) is 83.4 Å². The Kier molecular flexibility index (Phi) is 4.73. The summed E-state index contributed by atoms with van der Waals surface area (Å²) in [5.74, 6) is 0.660. The van der Waals surface area contributed by atoms with Crippen molar-refractivity contribution in [2.45, 2.75) is 47.1 Å². The van der Waals surface area contributed by atoms with Crippen LogP contribution in [0.15, 0.2) is 36.4 Å². The molecule has 0 aliphatic carbocycles. The van der Waals surface area contributed by atoms with Crippen molar-refractivity contribution in [2.75, 3.05) is 7.05 Å². The predicted molar refractivity (Wildman–Crippen MR) is 93.7 cm³/mol. The number of aryl methyl sites for hydroxylation is 1. The summed E-state index contributed by atoms with van der Waals surface area (Å²) >= 11 is 0. The lowest BCUT2D eigenvalue weighted by molar-refractivity contribution is 0.226. The molecule has 0 fully saturated rings. The standard InChI is InChI=1S/C20H29N/c1-14-11-12-16-9-7-8-10-17(16)19(14)18(21-6)13-15(2)20(3,4)5/h7-12,15,18,21H,13H2,1-6H3. The van der Waals surface area contributed by atoms with Crippen molar-refractivity contribution in [3.05, 3.63) is 47.5 Å². The van der Waals surface area contributed by atoms with E-state index in [-0.39, 0.29) is 0 Å². The van der Waals surface area contributed by atoms with Crippen LogP contribution in [0.2, 0.25) is 0 Å². The van der Waals surface area contributed by atoms with Crippen molar-refractivity contribution in [2.24, 2.45) is 11.3 Å². The van der Waals surface area contributed by atoms with E-state index in [0.717, 1.165) is 6.42 Å². The molecule has 0 spiro atoms. The second kappa shape index (κ2) is 6.19. The molecule has 21 heavy (non-hydrogen) atoms. The number of nitrogens with one attached hydrogen (secondary N) is 1. The van der Waals surface area contributed by atoms with Crippen LogP contribution in [0, 0.1) is 18.3 Å². The Bertz CT molecular complexity index is 607. The van der Waals surface area contributed by atoms with Gasteiger partial charge in [0, 0.05) is 6.04 Å². The Morgan fingerprint density at radius 3 is 2.33 bits per heavy atom. The second-order valence-corrected chi connectivity index (χ2v) is 7.36. The van der Waals surface area contributed by atoms with E-state index in [1.54, 1.807) is 0 Å². The molecule has 2 unspecified atom stereocenters. The van der Waals surface area contributed by atoms with Crippen molar-refractivity contribution < 1.29 is 0 Å². The molecule has 0 saturated heterocycles. The van der Waals surface area contributed by atoms with E-state index in [1.165, 1.54) is 21.9 Å². The molecule has 1 heteroatoms. The van der Waals surface area contributed by atoms with Crippen molar-refractivity contribution in [1.29, 1.82) is 0 Å². The SMILES string of the molecule is CNC(CC(C)C(C)(C)C)c1c(C)ccc2ccccc12. The maximum Gasteiger partial charge on any atom is 0.0329 e. The first-order valence-corrected chi connectivity index (χ1v) is 8.00. The lowest BCUT2D eigenvalue weighted by atomic mass is 9.77. The highest BCUT2D eigenvalue weighted by Crippen LogP contribution is 2.36. The molecule has 1 N–H and O–H groups in total. The van der Waals surface area contributed by atoms with Crippen LogP contribution in [0.4, 0.5) is 0 Å². The minimum absolute atomic E-state index is 0.341. The molecule has 1 nitrogen and oxygen atoms in total. The van der Waals surface area contributed by atoms with Gasteiger partial charge in [-0.2, -0.15) is 0 Å². The molecule has 0 bridgehead atoms. The largest absolute Gasteiger partial charge is 0.313 e. The monoisotopic (exact) mass is 283 g/mol. The number of fused-ring (bicyclic) bond motifs is 1. The van der Waals surface area contributed by atoms with Gasteiger partial charge in [-0.15, -0.1) is 0 Å². The quantitative estimate of drug-likeness (QED) is 0.783. The highest BCUT2D eigenvalue weighted by atomic mass is 14.9. The lowest BCUT2D eigenvalue weighted by Crippen LogP contribution is -2.26. The number of benzene rings is 2. The fourth-order valence-electron chi connectivity index (χ4n) is 2.95. The van der Waals surface area contributed by atoms with Gasteiger partial charge in [0.15, 0.2) is 0 Å². The molecule has 2 aromatic carbocycles. The Balaban J connectivity index is 2.45. The summed E-state index contributed by atoms with van der Waals surface area (Å²) in [6.07, 6.45) is 1.16. The van der Waals surface area contributed by atoms with E-state index in [9.17, 15) is 0 Å². The van der Waals surface area contributed by atoms with E-state index in [1.807, 2.05) is 0 Å². The van der Waals surface area contributed by atoms with Gasteiger partial charge in [0.2, 0.25) is 0 Å². The van der Waals surface area contributed by atoms with Crippen LogP contribution < -0.4 is 5.32 Å². The zero-order valence-corrected chi connectivity index (χ0v) is 14.3. The highest BCUT2D eigenvalue weighted by Gasteiger charge is 2.25. The van der Waals surface area contributed by atoms with Gasteiger partial charge in [0.05, 0.1) is 0 Å². The second-order valence-electron chi connectivity index (χ2n) is 7.36. The summed E-state index contributed by atoms with van der Waals surface area (Å²) in [6, 6.07) is 13.6. The van der Waals surface area contributed by atoms with Gasteiger partial charge in [-0.05, 0) is 53.6 Å². The molecule has 114 valence electrons. The zero-order valence-electron chi connectivity index (χ0n) is 14.3. The molecule has 0 aromatic heterocycles. The fourth-order valence-corrected chi connectivity index (χ4v) is 2.95. The van der Waals surface area contributed by atoms with E-state index < -0.39 is 0 Å². The zero-order chi connectivity index (χ0) is 15.6. The first-order valence-electron chi connectivity index (χ1n) is 8.00. The summed E-state index contributed by atoms with van der Waals surface area (Å²) in [4.78, 5) is 0. The van der Waals surface area contributed by atoms with Crippen molar-refractivity contribution in [3.8, 4) is 0 Å². The average Bonchev–Trinajstić information content (AvgIpc) is 2.44. The lowest BCUT2D eigenvalue weighted by Gasteiger charge is -2.32. The number of rotatable bonds is 4. The summed E-state index contributed by atoms with van der Waals surface area (Å²) in [5, 5.41) is 6.28. The predicted octanol–water partition coefficient (Wildman–Crippen LogP) is 5.48. The smallest absolute Gasteiger partial charge is 0.0329 e. The van der Waals surface area contributed by atoms with Gasteiger partial charge in [-0.3, -0.25) is 0 Å². The van der Waals surface area contributed by atoms with Gasteiger partial charge in [-0.1, -0.05) is 64.1 Å². The molecule has 0 heterocycles. The Morgan fingerprint density at radius 1 is 1.05 bits per heavy atom. The van der Waals surface area contributed by atoms with Gasteiger partial charge in [0.1, 0.15) is 0 Å². The first kappa shape index (κ1) is 16.0. The molecule has 2 rings (SSSR count). The summed E-state index contributed by atoms with van der Waals surface area (Å²) in [7, 11) is 2.08. The van der Waals surface area contributed by atoms with Crippen LogP contribution in [0.25, 0.3) is 10.8 Å². The third-order valence-corrected chi connectivity index (χ3v) is 4.95. The summed E-state index contributed by atoms with van der Waals surface area (Å²) in [6.45, 7) is 11.6. The molecular weight excluding hydrogens is 254 g/mol. The molecule has 0 amide bonds. The molecule has 2 atom stereocenters. The van der Waals surface area contributed by atoms with Gasteiger partial charge < -0.3 is 5.32 Å². The number of hydrogen-bond donors (Lipinski definition) is 1. The first-order chi connectivity index (χ1) is 9.84. The van der Waals surface area contributed by atoms with Crippen molar-refractivity contribution in [1.82, 2.24) is 5.32 Å². The minimum Gasteiger partial charge on any atom is -0.313 e. The highest BCUT2D eigenvalue weighted by molar-refractivity contribution is 5.87. The molecule has 2 aromatic rings. The normalized spacial score (nSPS) is 15.1. The van der Waals surface area contributed by atoms with Crippen LogP contribution in [-0.4, -0.2) is 7.05 Å². The van der Waals surface area contributed by atoms with Crippen LogP contribution in [-0.2, 0) is 0 Å². The minimum atomic E-state index is 0.341. The number of hydrogen-bond acceptors (Lipinski definition) is 1. The van der Waals surface area contributed by atoms with Crippen LogP contribution in [0.1, 0.15) is 51.3 Å². The molecule has 0 radical (unpaired) electrons. The van der Waals surface area contributed by atoms with E-state index >= 15 is 0 Å². The molecule has 0 saturated carbocycles. The molecular formula is C20H29N. The van der Waals surface area contributed by atoms with E-state index in [4.69, 9.17) is 0 Å². The summed E-state index contributed by atoms with van der Waals surface area (Å²) < 4.78 is 0.